The molecule has 4 heterocycles. The summed E-state index contributed by atoms with van der Waals surface area (Å²) in [5.41, 5.74) is 3.35. The van der Waals surface area contributed by atoms with Crippen LogP contribution in [0.25, 0.3) is 0 Å². The molecule has 0 unspecified atom stereocenters. The number of hydrogen-bond acceptors (Lipinski definition) is 6. The lowest BCUT2D eigenvalue weighted by atomic mass is 10.2. The minimum Gasteiger partial charge on any atom is -0.366 e. The summed E-state index contributed by atoms with van der Waals surface area (Å²) >= 11 is 0. The lowest BCUT2D eigenvalue weighted by Gasteiger charge is -2.26. The normalized spacial score (nSPS) is 22.4. The second kappa shape index (κ2) is 4.86. The van der Waals surface area contributed by atoms with Crippen molar-refractivity contribution in [3.8, 4) is 0 Å². The van der Waals surface area contributed by atoms with Crippen LogP contribution >= 0.6 is 0 Å². The maximum atomic E-state index is 4.69. The molecule has 4 rings (SSSR count). The van der Waals surface area contributed by atoms with E-state index in [2.05, 4.69) is 31.2 Å². The molecule has 20 heavy (non-hydrogen) atoms. The van der Waals surface area contributed by atoms with Crippen molar-refractivity contribution in [1.29, 1.82) is 0 Å². The van der Waals surface area contributed by atoms with E-state index in [4.69, 9.17) is 4.63 Å². The Morgan fingerprint density at radius 1 is 1.40 bits per heavy atom. The maximum absolute atomic E-state index is 4.69. The third kappa shape index (κ3) is 2.06. The first-order chi connectivity index (χ1) is 9.90. The van der Waals surface area contributed by atoms with Crippen LogP contribution in [-0.4, -0.2) is 39.3 Å². The van der Waals surface area contributed by atoms with E-state index in [-0.39, 0.29) is 0 Å². The van der Waals surface area contributed by atoms with Crippen LogP contribution in [-0.2, 0) is 13.1 Å². The first-order valence-electron chi connectivity index (χ1n) is 7.09. The number of nitrogens with zero attached hydrogens (tertiary/aromatic N) is 5. The summed E-state index contributed by atoms with van der Waals surface area (Å²) in [6.45, 7) is 3.81. The third-order valence-corrected chi connectivity index (χ3v) is 4.19. The number of hydrogen-bond donors (Lipinski definition) is 0. The molecule has 6 nitrogen and oxygen atoms in total. The fraction of sp³-hybridized carbons (Fsp3) is 0.500. The molecule has 0 aliphatic carbocycles. The zero-order valence-corrected chi connectivity index (χ0v) is 11.3. The monoisotopic (exact) mass is 271 g/mol. The molecule has 1 fully saturated rings. The zero-order chi connectivity index (χ0) is 13.4. The van der Waals surface area contributed by atoms with Crippen LogP contribution < -0.4 is 4.90 Å². The summed E-state index contributed by atoms with van der Waals surface area (Å²) < 4.78 is 4.69. The Hall–Kier alpha value is -1.95. The van der Waals surface area contributed by atoms with E-state index < -0.39 is 0 Å². The van der Waals surface area contributed by atoms with Crippen LogP contribution in [0.15, 0.2) is 29.2 Å². The average molecular weight is 271 g/mol. The van der Waals surface area contributed by atoms with Gasteiger partial charge in [0.2, 0.25) is 0 Å². The highest BCUT2D eigenvalue weighted by atomic mass is 16.6. The predicted octanol–water partition coefficient (Wildman–Crippen LogP) is 1.45. The number of anilines is 1. The lowest BCUT2D eigenvalue weighted by molar-refractivity contribution is 0.233. The molecule has 0 aromatic carbocycles. The number of rotatable bonds is 2. The van der Waals surface area contributed by atoms with Crippen molar-refractivity contribution in [3.63, 3.8) is 0 Å². The van der Waals surface area contributed by atoms with Gasteiger partial charge in [-0.25, -0.2) is 4.63 Å². The van der Waals surface area contributed by atoms with Crippen LogP contribution in [0.1, 0.15) is 24.2 Å². The molecule has 1 atom stereocenters. The van der Waals surface area contributed by atoms with Gasteiger partial charge in [0, 0.05) is 38.4 Å². The molecule has 104 valence electrons. The summed E-state index contributed by atoms with van der Waals surface area (Å²) in [6.07, 6.45) is 6.09. The summed E-state index contributed by atoms with van der Waals surface area (Å²) in [7, 11) is 0. The summed E-state index contributed by atoms with van der Waals surface area (Å²) in [6, 6.07) is 4.81. The molecule has 0 saturated carbocycles. The predicted molar refractivity (Wildman–Crippen MR) is 73.0 cm³/mol. The van der Waals surface area contributed by atoms with Gasteiger partial charge in [0.15, 0.2) is 0 Å². The average Bonchev–Trinajstić information content (AvgIpc) is 3.09. The van der Waals surface area contributed by atoms with Crippen molar-refractivity contribution >= 4 is 5.69 Å². The Balaban J connectivity index is 1.64. The molecule has 0 spiro atoms. The highest BCUT2D eigenvalue weighted by molar-refractivity contribution is 5.53. The second-order valence-electron chi connectivity index (χ2n) is 5.53. The van der Waals surface area contributed by atoms with Crippen LogP contribution in [0, 0.1) is 0 Å². The topological polar surface area (TPSA) is 58.3 Å². The van der Waals surface area contributed by atoms with E-state index in [1.807, 2.05) is 12.3 Å². The fourth-order valence-corrected chi connectivity index (χ4v) is 3.33. The van der Waals surface area contributed by atoms with Gasteiger partial charge in [0.05, 0.1) is 17.6 Å². The van der Waals surface area contributed by atoms with Crippen molar-refractivity contribution in [2.45, 2.75) is 32.0 Å². The molecule has 2 aromatic rings. The number of pyridine rings is 1. The van der Waals surface area contributed by atoms with Crippen LogP contribution in [0.3, 0.4) is 0 Å². The smallest absolute Gasteiger partial charge is 0.119 e. The molecule has 0 radical (unpaired) electrons. The van der Waals surface area contributed by atoms with Gasteiger partial charge in [-0.15, -0.1) is 0 Å². The number of aromatic nitrogens is 3. The molecular formula is C14H17N5O. The van der Waals surface area contributed by atoms with E-state index in [9.17, 15) is 0 Å². The van der Waals surface area contributed by atoms with Crippen molar-refractivity contribution in [1.82, 2.24) is 20.2 Å². The molecule has 2 aromatic heterocycles. The minimum atomic E-state index is 0.584. The SMILES string of the molecule is c1cnc2c(c1)N1CCC[C@H]1CN(Cc1cnon1)C2. The summed E-state index contributed by atoms with van der Waals surface area (Å²) in [5, 5.41) is 7.60. The quantitative estimate of drug-likeness (QED) is 0.824. The fourth-order valence-electron chi connectivity index (χ4n) is 3.33. The van der Waals surface area contributed by atoms with Crippen LogP contribution in [0.2, 0.25) is 0 Å². The Labute approximate surface area is 117 Å². The Kier molecular flexibility index (Phi) is 2.88. The highest BCUT2D eigenvalue weighted by Crippen LogP contribution is 2.32. The first-order valence-corrected chi connectivity index (χ1v) is 7.09. The van der Waals surface area contributed by atoms with Gasteiger partial charge in [-0.3, -0.25) is 9.88 Å². The van der Waals surface area contributed by atoms with E-state index >= 15 is 0 Å². The molecule has 2 aliphatic heterocycles. The van der Waals surface area contributed by atoms with Gasteiger partial charge >= 0.3 is 0 Å². The van der Waals surface area contributed by atoms with Gasteiger partial charge in [-0.1, -0.05) is 10.3 Å². The molecule has 6 heteroatoms. The van der Waals surface area contributed by atoms with Crippen LogP contribution in [0.4, 0.5) is 5.69 Å². The minimum absolute atomic E-state index is 0.584. The van der Waals surface area contributed by atoms with Crippen molar-refractivity contribution < 1.29 is 4.63 Å². The molecule has 2 aliphatic rings. The van der Waals surface area contributed by atoms with Crippen LogP contribution in [0.5, 0.6) is 0 Å². The standard InChI is InChI=1S/C14H17N5O/c1-4-14-13(15-5-1)10-18(8-11-7-16-20-17-11)9-12-3-2-6-19(12)14/h1,4-5,7,12H,2-3,6,8-10H2/t12-/m0/s1. The van der Waals surface area contributed by atoms with Gasteiger partial charge in [-0.05, 0) is 25.0 Å². The first kappa shape index (κ1) is 11.8. The van der Waals surface area contributed by atoms with E-state index in [0.717, 1.165) is 37.6 Å². The lowest BCUT2D eigenvalue weighted by Crippen LogP contribution is -2.37. The summed E-state index contributed by atoms with van der Waals surface area (Å²) in [5.74, 6) is 0. The highest BCUT2D eigenvalue weighted by Gasteiger charge is 2.32. The zero-order valence-electron chi connectivity index (χ0n) is 11.3. The van der Waals surface area contributed by atoms with E-state index in [0.29, 0.717) is 6.04 Å². The van der Waals surface area contributed by atoms with Crippen molar-refractivity contribution in [3.05, 3.63) is 35.9 Å². The second-order valence-corrected chi connectivity index (χ2v) is 5.53. The van der Waals surface area contributed by atoms with E-state index in [1.54, 1.807) is 6.20 Å². The maximum Gasteiger partial charge on any atom is 0.119 e. The number of fused-ring (bicyclic) bond motifs is 3. The molecule has 1 saturated heterocycles. The molecule has 0 bridgehead atoms. The third-order valence-electron chi connectivity index (χ3n) is 4.19. The Morgan fingerprint density at radius 3 is 3.30 bits per heavy atom. The Morgan fingerprint density at radius 2 is 2.40 bits per heavy atom. The summed E-state index contributed by atoms with van der Waals surface area (Å²) in [4.78, 5) is 9.48. The molecular weight excluding hydrogens is 254 g/mol. The van der Waals surface area contributed by atoms with Gasteiger partial charge < -0.3 is 4.90 Å². The largest absolute Gasteiger partial charge is 0.366 e. The molecule has 0 N–H and O–H groups in total. The van der Waals surface area contributed by atoms with Crippen molar-refractivity contribution in [2.75, 3.05) is 18.0 Å². The Bertz CT molecular complexity index is 585. The van der Waals surface area contributed by atoms with Gasteiger partial charge in [0.25, 0.3) is 0 Å². The van der Waals surface area contributed by atoms with E-state index in [1.165, 1.54) is 18.5 Å². The van der Waals surface area contributed by atoms with Crippen molar-refractivity contribution in [2.24, 2.45) is 0 Å². The van der Waals surface area contributed by atoms with Gasteiger partial charge in [0.1, 0.15) is 5.69 Å². The van der Waals surface area contributed by atoms with Gasteiger partial charge in [-0.2, -0.15) is 0 Å². The molecule has 0 amide bonds.